The van der Waals surface area contributed by atoms with E-state index in [-0.39, 0.29) is 5.82 Å². The van der Waals surface area contributed by atoms with Crippen LogP contribution in [0.25, 0.3) is 0 Å². The van der Waals surface area contributed by atoms with E-state index in [9.17, 15) is 4.39 Å². The second-order valence-electron chi connectivity index (χ2n) is 2.80. The molecule has 0 radical (unpaired) electrons. The molecule has 0 aliphatic carbocycles. The van der Waals surface area contributed by atoms with Gasteiger partial charge >= 0.3 is 0 Å². The third kappa shape index (κ3) is 1.87. The fraction of sp³-hybridized carbons (Fsp3) is 0.111. The van der Waals surface area contributed by atoms with Gasteiger partial charge in [0.2, 0.25) is 0 Å². The monoisotopic (exact) mass is 192 g/mol. The maximum atomic E-state index is 13.1. The molecule has 0 aliphatic heterocycles. The van der Waals surface area contributed by atoms with E-state index in [1.807, 2.05) is 0 Å². The van der Waals surface area contributed by atoms with Crippen molar-refractivity contribution in [2.75, 3.05) is 5.43 Å². The molecule has 0 amide bonds. The van der Waals surface area contributed by atoms with Gasteiger partial charge in [-0.1, -0.05) is 18.2 Å². The molecule has 5 heteroatoms. The van der Waals surface area contributed by atoms with Crippen molar-refractivity contribution in [2.24, 2.45) is 0 Å². The summed E-state index contributed by atoms with van der Waals surface area (Å²) in [6.45, 7) is 0.407. The first kappa shape index (κ1) is 8.68. The van der Waals surface area contributed by atoms with E-state index < -0.39 is 0 Å². The molecule has 1 aromatic carbocycles. The van der Waals surface area contributed by atoms with Gasteiger partial charge in [0.15, 0.2) is 0 Å². The number of aromatic nitrogens is 3. The van der Waals surface area contributed by atoms with E-state index in [2.05, 4.69) is 15.6 Å². The Morgan fingerprint density at radius 1 is 1.21 bits per heavy atom. The first-order valence-electron chi connectivity index (χ1n) is 4.18. The summed E-state index contributed by atoms with van der Waals surface area (Å²) < 4.78 is 14.7. The lowest BCUT2D eigenvalue weighted by Crippen LogP contribution is -2.12. The summed E-state index contributed by atoms with van der Waals surface area (Å²) in [5, 5.41) is 7.23. The van der Waals surface area contributed by atoms with E-state index >= 15 is 0 Å². The van der Waals surface area contributed by atoms with Crippen LogP contribution in [0, 0.1) is 5.82 Å². The lowest BCUT2D eigenvalue weighted by atomic mass is 10.2. The summed E-state index contributed by atoms with van der Waals surface area (Å²) in [5.41, 5.74) is 3.55. The summed E-state index contributed by atoms with van der Waals surface area (Å²) in [5.74, 6) is -0.215. The molecule has 2 rings (SSSR count). The smallest absolute Gasteiger partial charge is 0.138 e. The van der Waals surface area contributed by atoms with Crippen molar-refractivity contribution >= 4 is 0 Å². The van der Waals surface area contributed by atoms with Crippen molar-refractivity contribution in [3.05, 3.63) is 48.3 Å². The molecule has 0 aliphatic rings. The highest BCUT2D eigenvalue weighted by atomic mass is 19.1. The highest BCUT2D eigenvalue weighted by Gasteiger charge is 1.99. The Morgan fingerprint density at radius 2 is 1.93 bits per heavy atom. The number of nitrogens with zero attached hydrogens (tertiary/aromatic N) is 3. The highest BCUT2D eigenvalue weighted by Crippen LogP contribution is 2.05. The average Bonchev–Trinajstić information content (AvgIpc) is 2.69. The number of benzene rings is 1. The summed E-state index contributed by atoms with van der Waals surface area (Å²) in [6.07, 6.45) is 3.03. The van der Waals surface area contributed by atoms with Crippen LogP contribution in [0.2, 0.25) is 0 Å². The molecule has 0 fully saturated rings. The van der Waals surface area contributed by atoms with E-state index in [0.717, 1.165) is 0 Å². The average molecular weight is 192 g/mol. The SMILES string of the molecule is Fc1ccccc1CNn1cnnc1. The van der Waals surface area contributed by atoms with Gasteiger partial charge in [-0.15, -0.1) is 10.2 Å². The second-order valence-corrected chi connectivity index (χ2v) is 2.80. The molecule has 2 aromatic rings. The number of halogens is 1. The molecule has 1 N–H and O–H groups in total. The van der Waals surface area contributed by atoms with Gasteiger partial charge in [0, 0.05) is 5.56 Å². The summed E-state index contributed by atoms with van der Waals surface area (Å²) in [6, 6.07) is 6.62. The molecule has 0 unspecified atom stereocenters. The second kappa shape index (κ2) is 3.87. The molecule has 0 spiro atoms. The molecule has 0 bridgehead atoms. The molecule has 14 heavy (non-hydrogen) atoms. The van der Waals surface area contributed by atoms with Crippen molar-refractivity contribution in [3.63, 3.8) is 0 Å². The molecule has 0 saturated heterocycles. The lowest BCUT2D eigenvalue weighted by molar-refractivity contribution is 0.608. The number of hydrogen-bond acceptors (Lipinski definition) is 3. The maximum Gasteiger partial charge on any atom is 0.138 e. The van der Waals surface area contributed by atoms with E-state index in [1.165, 1.54) is 18.7 Å². The Kier molecular flexibility index (Phi) is 2.40. The molecule has 0 atom stereocenters. The number of nitrogens with one attached hydrogen (secondary N) is 1. The highest BCUT2D eigenvalue weighted by molar-refractivity contribution is 5.18. The van der Waals surface area contributed by atoms with Crippen molar-refractivity contribution in [2.45, 2.75) is 6.54 Å². The molecular weight excluding hydrogens is 183 g/mol. The van der Waals surface area contributed by atoms with Crippen molar-refractivity contribution in [3.8, 4) is 0 Å². The van der Waals surface area contributed by atoms with Gasteiger partial charge in [0.1, 0.15) is 18.5 Å². The molecule has 1 heterocycles. The standard InChI is InChI=1S/C9H9FN4/c10-9-4-2-1-3-8(9)5-13-14-6-11-12-7-14/h1-4,6-7,13H,5H2. The number of rotatable bonds is 3. The maximum absolute atomic E-state index is 13.1. The van der Waals surface area contributed by atoms with Crippen LogP contribution in [-0.4, -0.2) is 14.9 Å². The minimum atomic E-state index is -0.215. The van der Waals surface area contributed by atoms with Gasteiger partial charge in [-0.3, -0.25) is 0 Å². The van der Waals surface area contributed by atoms with Crippen LogP contribution in [-0.2, 0) is 6.54 Å². The largest absolute Gasteiger partial charge is 0.319 e. The first-order valence-corrected chi connectivity index (χ1v) is 4.18. The molecular formula is C9H9FN4. The third-order valence-electron chi connectivity index (χ3n) is 1.83. The van der Waals surface area contributed by atoms with Crippen molar-refractivity contribution < 1.29 is 4.39 Å². The Balaban J connectivity index is 2.02. The van der Waals surface area contributed by atoms with Gasteiger partial charge < -0.3 is 5.43 Å². The van der Waals surface area contributed by atoms with Crippen LogP contribution in [0.3, 0.4) is 0 Å². The summed E-state index contributed by atoms with van der Waals surface area (Å²) in [7, 11) is 0. The molecule has 4 nitrogen and oxygen atoms in total. The predicted octanol–water partition coefficient (Wildman–Crippen LogP) is 1.16. The Labute approximate surface area is 80.4 Å². The zero-order chi connectivity index (χ0) is 9.80. The van der Waals surface area contributed by atoms with Crippen molar-refractivity contribution in [1.82, 2.24) is 14.9 Å². The Morgan fingerprint density at radius 3 is 2.64 bits per heavy atom. The van der Waals surface area contributed by atoms with Gasteiger partial charge in [-0.2, -0.15) is 0 Å². The van der Waals surface area contributed by atoms with Crippen LogP contribution in [0.1, 0.15) is 5.56 Å². The molecule has 0 saturated carbocycles. The van der Waals surface area contributed by atoms with Crippen LogP contribution >= 0.6 is 0 Å². The minimum Gasteiger partial charge on any atom is -0.319 e. The van der Waals surface area contributed by atoms with Crippen LogP contribution in [0.15, 0.2) is 36.9 Å². The van der Waals surface area contributed by atoms with Gasteiger partial charge in [-0.05, 0) is 6.07 Å². The van der Waals surface area contributed by atoms with Crippen LogP contribution in [0.4, 0.5) is 4.39 Å². The normalized spacial score (nSPS) is 10.1. The zero-order valence-electron chi connectivity index (χ0n) is 7.39. The van der Waals surface area contributed by atoms with Crippen LogP contribution in [0.5, 0.6) is 0 Å². The zero-order valence-corrected chi connectivity index (χ0v) is 7.39. The van der Waals surface area contributed by atoms with E-state index in [1.54, 1.807) is 22.9 Å². The Hall–Kier alpha value is -1.91. The molecule has 1 aromatic heterocycles. The molecule has 72 valence electrons. The van der Waals surface area contributed by atoms with Gasteiger partial charge in [-0.25, -0.2) is 9.07 Å². The summed E-state index contributed by atoms with van der Waals surface area (Å²) in [4.78, 5) is 0. The van der Waals surface area contributed by atoms with Crippen molar-refractivity contribution in [1.29, 1.82) is 0 Å². The van der Waals surface area contributed by atoms with E-state index in [0.29, 0.717) is 12.1 Å². The summed E-state index contributed by atoms with van der Waals surface area (Å²) >= 11 is 0. The first-order chi connectivity index (χ1) is 6.86. The van der Waals surface area contributed by atoms with E-state index in [4.69, 9.17) is 0 Å². The van der Waals surface area contributed by atoms with Crippen LogP contribution < -0.4 is 5.43 Å². The topological polar surface area (TPSA) is 42.7 Å². The fourth-order valence-corrected chi connectivity index (χ4v) is 1.10. The third-order valence-corrected chi connectivity index (χ3v) is 1.83. The fourth-order valence-electron chi connectivity index (χ4n) is 1.10. The lowest BCUT2D eigenvalue weighted by Gasteiger charge is -2.06. The van der Waals surface area contributed by atoms with Gasteiger partial charge in [0.25, 0.3) is 0 Å². The Bertz CT molecular complexity index is 399. The number of hydrogen-bond donors (Lipinski definition) is 1. The quantitative estimate of drug-likeness (QED) is 0.793. The van der Waals surface area contributed by atoms with Gasteiger partial charge in [0.05, 0.1) is 6.54 Å². The predicted molar refractivity (Wildman–Crippen MR) is 49.5 cm³/mol. The minimum absolute atomic E-state index is 0.215.